The van der Waals surface area contributed by atoms with Gasteiger partial charge < -0.3 is 33.2 Å². The summed E-state index contributed by atoms with van der Waals surface area (Å²) in [5.41, 5.74) is 6.29. The van der Waals surface area contributed by atoms with Crippen molar-refractivity contribution in [3.8, 4) is 0 Å². The van der Waals surface area contributed by atoms with E-state index in [0.717, 1.165) is 52.6 Å². The van der Waals surface area contributed by atoms with Crippen LogP contribution in [0.2, 0.25) is 0 Å². The zero-order valence-corrected chi connectivity index (χ0v) is 48.1. The molecule has 8 rings (SSSR count). The van der Waals surface area contributed by atoms with E-state index in [1.807, 2.05) is 114 Å². The molecule has 1 amide bonds. The highest BCUT2D eigenvalue weighted by Crippen LogP contribution is 2.39. The highest BCUT2D eigenvalue weighted by Gasteiger charge is 2.52. The van der Waals surface area contributed by atoms with Gasteiger partial charge in [-0.1, -0.05) is 282 Å². The van der Waals surface area contributed by atoms with E-state index in [1.165, 1.54) is 64.2 Å². The number of amides is 1. The maximum absolute atomic E-state index is 14.8. The Morgan fingerprint density at radius 1 is 0.436 bits per heavy atom. The third kappa shape index (κ3) is 19.1. The summed E-state index contributed by atoms with van der Waals surface area (Å²) in [6.45, 7) is 4.73. The fraction of sp³-hybridized carbons (Fsp3) is 0.456. The minimum Gasteiger partial charge on any atom is -0.443 e. The number of unbranched alkanes of at least 4 members (excludes halogenated alkanes) is 11. The minimum absolute atomic E-state index is 0.195. The van der Waals surface area contributed by atoms with E-state index >= 15 is 0 Å². The Balaban J connectivity index is 1.10. The molecule has 6 aromatic rings. The number of nitrogens with zero attached hydrogens (tertiary/aromatic N) is 1. The first-order valence-electron chi connectivity index (χ1n) is 29.1. The summed E-state index contributed by atoms with van der Waals surface area (Å²) in [5, 5.41) is 0. The molecule has 6 aromatic carbocycles. The Morgan fingerprint density at radius 3 is 1.26 bits per heavy atom. The van der Waals surface area contributed by atoms with E-state index < -0.39 is 42.7 Å². The summed E-state index contributed by atoms with van der Waals surface area (Å²) in [5.74, 6) is 0. The van der Waals surface area contributed by atoms with E-state index in [4.69, 9.17) is 33.2 Å². The average molecular weight is 1170 g/mol. The van der Waals surface area contributed by atoms with E-state index in [1.54, 1.807) is 0 Å². The van der Waals surface area contributed by atoms with Crippen LogP contribution in [0.5, 0.6) is 0 Å². The van der Waals surface area contributed by atoms with Crippen LogP contribution in [0.25, 0.3) is 0 Å². The predicted molar refractivity (Wildman–Crippen MR) is 319 cm³/mol. The molecule has 2 heterocycles. The summed E-state index contributed by atoms with van der Waals surface area (Å²) in [7, 11) is 0. The molecule has 0 bridgehead atoms. The number of carbonyl (C=O) groups excluding carboxylic acids is 1. The number of alkyl halides is 1. The van der Waals surface area contributed by atoms with Crippen molar-refractivity contribution in [1.29, 1.82) is 0 Å². The quantitative estimate of drug-likeness (QED) is 0.0224. The van der Waals surface area contributed by atoms with Crippen molar-refractivity contribution >= 4 is 28.7 Å². The van der Waals surface area contributed by atoms with E-state index in [9.17, 15) is 4.79 Å². The van der Waals surface area contributed by atoms with Crippen LogP contribution in [-0.2, 0) is 72.7 Å². The molecule has 0 aliphatic carbocycles. The number of hydrogen-bond donors (Lipinski definition) is 0. The molecule has 0 aromatic heterocycles. The van der Waals surface area contributed by atoms with Crippen LogP contribution in [0.4, 0.5) is 4.79 Å². The van der Waals surface area contributed by atoms with Crippen molar-refractivity contribution in [2.24, 2.45) is 0 Å². The van der Waals surface area contributed by atoms with Crippen molar-refractivity contribution < 1.29 is 38.0 Å². The fourth-order valence-corrected chi connectivity index (χ4v) is 12.3. The molecule has 10 heteroatoms. The second-order valence-corrected chi connectivity index (χ2v) is 22.8. The number of hydrogen-bond acceptors (Lipinski definition) is 8. The number of benzene rings is 6. The molecule has 78 heavy (non-hydrogen) atoms. The summed E-state index contributed by atoms with van der Waals surface area (Å²) < 4.78 is 49.0. The minimum atomic E-state index is -0.587. The van der Waals surface area contributed by atoms with Crippen LogP contribution in [-0.4, -0.2) is 70.3 Å². The van der Waals surface area contributed by atoms with Gasteiger partial charge >= 0.3 is 6.09 Å². The smallest absolute Gasteiger partial charge is 0.410 e. The lowest BCUT2D eigenvalue weighted by atomic mass is 9.88. The van der Waals surface area contributed by atoms with E-state index in [0.29, 0.717) is 46.0 Å². The molecule has 0 unspecified atom stereocenters. The van der Waals surface area contributed by atoms with Crippen molar-refractivity contribution in [2.45, 2.75) is 189 Å². The molecule has 2 fully saturated rings. The van der Waals surface area contributed by atoms with Gasteiger partial charge in [-0.2, -0.15) is 0 Å². The highest BCUT2D eigenvalue weighted by molar-refractivity contribution is 14.1. The number of cyclic esters (lactones) is 1. The Hall–Kier alpha value is -4.92. The summed E-state index contributed by atoms with van der Waals surface area (Å²) in [6, 6.07) is 61.2. The standard InChI is InChI=1S/C68H84INO8/c1-2-3-4-5-6-7-8-9-10-11-12-31-44-60-64(73-48-55-36-23-15-24-37-55)63(70(68(71)78-60)46-53-32-19-13-20-33-53)59(69)45-61-65(74-49-56-38-25-16-26-39-56)67(76-51-58-42-29-18-30-43-58)66(75-50-57-40-27-17-28-41-57)62(77-61)52-72-47-54-34-21-14-22-35-54/h13-30,32-43,59-67H,2-12,31,44-52H2,1H3/t59-,60-,61-,62-,63+,64-,65+,66+,67-/m1/s1. The number of rotatable bonds is 34. The highest BCUT2D eigenvalue weighted by atomic mass is 127. The fourth-order valence-electron chi connectivity index (χ4n) is 11.0. The largest absolute Gasteiger partial charge is 0.443 e. The second-order valence-electron chi connectivity index (χ2n) is 21.2. The van der Waals surface area contributed by atoms with E-state index in [2.05, 4.69) is 102 Å². The molecular weight excluding hydrogens is 1090 g/mol. The number of carbonyl (C=O) groups is 1. The van der Waals surface area contributed by atoms with Crippen molar-refractivity contribution in [3.63, 3.8) is 0 Å². The first-order valence-corrected chi connectivity index (χ1v) is 30.3. The lowest BCUT2D eigenvalue weighted by molar-refractivity contribution is -0.274. The van der Waals surface area contributed by atoms with E-state index in [-0.39, 0.29) is 22.7 Å². The molecular formula is C68H84INO8. The Bertz CT molecular complexity index is 2510. The average Bonchev–Trinajstić information content (AvgIpc) is 3.53. The summed E-state index contributed by atoms with van der Waals surface area (Å²) in [6.07, 6.45) is 12.3. The molecule has 0 N–H and O–H groups in total. The number of halogens is 1. The van der Waals surface area contributed by atoms with Gasteiger partial charge in [0.15, 0.2) is 0 Å². The van der Waals surface area contributed by atoms with Gasteiger partial charge in [-0.05, 0) is 52.6 Å². The lowest BCUT2D eigenvalue weighted by Crippen LogP contribution is -2.64. The van der Waals surface area contributed by atoms with Gasteiger partial charge in [0.05, 0.1) is 51.8 Å². The van der Waals surface area contributed by atoms with Gasteiger partial charge in [0.25, 0.3) is 0 Å². The molecule has 2 aliphatic rings. The summed E-state index contributed by atoms with van der Waals surface area (Å²) in [4.78, 5) is 16.7. The molecule has 9 nitrogen and oxygen atoms in total. The SMILES string of the molecule is CCCCCCCCCCCCCC[C@H]1OC(=O)N(Cc2ccccc2)[C@@H]([C@H](I)C[C@H]2O[C@H](COCc3ccccc3)[C@H](OCc3ccccc3)[C@H](OCc3ccccc3)[C@H]2OCc2ccccc2)[C@@H]1OCc1ccccc1. The molecule has 0 saturated carbocycles. The van der Waals surface area contributed by atoms with Gasteiger partial charge in [0.1, 0.15) is 36.6 Å². The second kappa shape index (κ2) is 33.6. The topological polar surface area (TPSA) is 84.9 Å². The zero-order valence-electron chi connectivity index (χ0n) is 46.0. The van der Waals surface area contributed by atoms with Crippen LogP contribution < -0.4 is 0 Å². The van der Waals surface area contributed by atoms with Crippen LogP contribution in [0.1, 0.15) is 130 Å². The Kier molecular flexibility index (Phi) is 25.5. The monoisotopic (exact) mass is 1170 g/mol. The molecule has 0 spiro atoms. The maximum atomic E-state index is 14.8. The van der Waals surface area contributed by atoms with Gasteiger partial charge in [-0.3, -0.25) is 4.90 Å². The van der Waals surface area contributed by atoms with Crippen molar-refractivity contribution in [2.75, 3.05) is 6.61 Å². The van der Waals surface area contributed by atoms with Crippen LogP contribution in [0.3, 0.4) is 0 Å². The Labute approximate surface area is 479 Å². The molecule has 9 atom stereocenters. The van der Waals surface area contributed by atoms with Crippen molar-refractivity contribution in [1.82, 2.24) is 4.90 Å². The molecule has 2 aliphatic heterocycles. The first kappa shape index (κ1) is 59.2. The maximum Gasteiger partial charge on any atom is 0.410 e. The normalized spacial score (nSPS) is 21.8. The van der Waals surface area contributed by atoms with Gasteiger partial charge in [-0.25, -0.2) is 4.79 Å². The van der Waals surface area contributed by atoms with Crippen LogP contribution >= 0.6 is 22.6 Å². The Morgan fingerprint density at radius 2 is 0.808 bits per heavy atom. The molecule has 0 radical (unpaired) electrons. The predicted octanol–water partition coefficient (Wildman–Crippen LogP) is 16.0. The van der Waals surface area contributed by atoms with Crippen molar-refractivity contribution in [3.05, 3.63) is 215 Å². The van der Waals surface area contributed by atoms with Gasteiger partial charge in [0.2, 0.25) is 0 Å². The van der Waals surface area contributed by atoms with Gasteiger partial charge in [-0.15, -0.1) is 0 Å². The number of ether oxygens (including phenoxy) is 7. The third-order valence-corrected chi connectivity index (χ3v) is 16.4. The zero-order chi connectivity index (χ0) is 53.8. The molecule has 416 valence electrons. The molecule has 2 saturated heterocycles. The summed E-state index contributed by atoms with van der Waals surface area (Å²) >= 11 is 2.58. The van der Waals surface area contributed by atoms with Crippen LogP contribution in [0.15, 0.2) is 182 Å². The first-order chi connectivity index (χ1) is 38.5. The van der Waals surface area contributed by atoms with Gasteiger partial charge in [0, 0.05) is 10.5 Å². The third-order valence-electron chi connectivity index (χ3n) is 15.2. The lowest BCUT2D eigenvalue weighted by Gasteiger charge is -2.49. The van der Waals surface area contributed by atoms with Crippen LogP contribution in [0, 0.1) is 0 Å².